The molecule has 0 aliphatic heterocycles. The molecule has 0 rings (SSSR count). The van der Waals surface area contributed by atoms with Crippen LogP contribution < -0.4 is 0 Å². The van der Waals surface area contributed by atoms with Crippen molar-refractivity contribution in [3.63, 3.8) is 0 Å². The van der Waals surface area contributed by atoms with Gasteiger partial charge in [-0.05, 0) is 12.8 Å². The lowest BCUT2D eigenvalue weighted by molar-refractivity contribution is -0.142. The van der Waals surface area contributed by atoms with Crippen LogP contribution in [-0.2, 0) is 4.79 Å². The Morgan fingerprint density at radius 2 is 1.64 bits per heavy atom. The molecule has 0 atom stereocenters. The van der Waals surface area contributed by atoms with E-state index < -0.39 is 5.97 Å². The third-order valence-corrected chi connectivity index (χ3v) is 1.62. The summed E-state index contributed by atoms with van der Waals surface area (Å²) in [6.07, 6.45) is 3.58. The molecule has 2 nitrogen and oxygen atoms in total. The van der Waals surface area contributed by atoms with Crippen molar-refractivity contribution in [2.45, 2.75) is 39.5 Å². The second-order valence-electron chi connectivity index (χ2n) is 2.61. The second-order valence-corrected chi connectivity index (χ2v) is 2.61. The molecule has 0 aliphatic carbocycles. The van der Waals surface area contributed by atoms with Crippen molar-refractivity contribution < 1.29 is 9.90 Å². The highest BCUT2D eigenvalue weighted by molar-refractivity contribution is 8.93. The monoisotopic (exact) mass is 224 g/mol. The molecule has 0 fully saturated rings. The predicted octanol–water partition coefficient (Wildman–Crippen LogP) is 2.87. The Morgan fingerprint density at radius 1 is 1.27 bits per heavy atom. The molecule has 0 aromatic rings. The van der Waals surface area contributed by atoms with E-state index in [2.05, 4.69) is 0 Å². The van der Waals surface area contributed by atoms with Crippen LogP contribution in [0, 0.1) is 5.92 Å². The van der Waals surface area contributed by atoms with Crippen molar-refractivity contribution in [2.75, 3.05) is 0 Å². The molecule has 11 heavy (non-hydrogen) atoms. The van der Waals surface area contributed by atoms with Gasteiger partial charge in [0, 0.05) is 0 Å². The number of halogens is 1. The zero-order valence-corrected chi connectivity index (χ0v) is 8.88. The van der Waals surface area contributed by atoms with Gasteiger partial charge in [-0.25, -0.2) is 0 Å². The Bertz CT molecular complexity index is 98.3. The van der Waals surface area contributed by atoms with E-state index in [1.807, 2.05) is 13.8 Å². The largest absolute Gasteiger partial charge is 0.481 e. The molecule has 68 valence electrons. The normalized spacial score (nSPS) is 9.36. The molecule has 3 heteroatoms. The average Bonchev–Trinajstić information content (AvgIpc) is 1.87. The predicted molar refractivity (Wildman–Crippen MR) is 51.3 cm³/mol. The van der Waals surface area contributed by atoms with Crippen LogP contribution in [-0.4, -0.2) is 11.1 Å². The first-order chi connectivity index (χ1) is 4.72. The highest BCUT2D eigenvalue weighted by Crippen LogP contribution is 2.12. The van der Waals surface area contributed by atoms with E-state index in [1.165, 1.54) is 0 Å². The summed E-state index contributed by atoms with van der Waals surface area (Å²) in [7, 11) is 0. The molecule has 0 amide bonds. The standard InChI is InChI=1S/C8H16O2.BrH/c1-3-5-7(6-4-2)8(9)10;/h7H,3-6H2,1-2H3,(H,9,10);1H. The molecular formula is C8H17BrO2. The van der Waals surface area contributed by atoms with E-state index in [0.717, 1.165) is 25.7 Å². The van der Waals surface area contributed by atoms with Crippen LogP contribution >= 0.6 is 17.0 Å². The van der Waals surface area contributed by atoms with Gasteiger partial charge in [-0.15, -0.1) is 17.0 Å². The summed E-state index contributed by atoms with van der Waals surface area (Å²) in [4.78, 5) is 10.5. The summed E-state index contributed by atoms with van der Waals surface area (Å²) in [5.74, 6) is -0.737. The van der Waals surface area contributed by atoms with E-state index in [1.54, 1.807) is 0 Å². The van der Waals surface area contributed by atoms with Crippen molar-refractivity contribution in [1.82, 2.24) is 0 Å². The summed E-state index contributed by atoms with van der Waals surface area (Å²) in [5, 5.41) is 8.64. The van der Waals surface area contributed by atoms with Gasteiger partial charge in [-0.1, -0.05) is 26.7 Å². The van der Waals surface area contributed by atoms with Gasteiger partial charge in [-0.2, -0.15) is 0 Å². The lowest BCUT2D eigenvalue weighted by Crippen LogP contribution is -2.12. The fourth-order valence-electron chi connectivity index (χ4n) is 1.09. The zero-order valence-electron chi connectivity index (χ0n) is 7.17. The van der Waals surface area contributed by atoms with Crippen LogP contribution in [0.15, 0.2) is 0 Å². The van der Waals surface area contributed by atoms with E-state index in [0.29, 0.717) is 0 Å². The van der Waals surface area contributed by atoms with Crippen molar-refractivity contribution in [2.24, 2.45) is 5.92 Å². The number of rotatable bonds is 5. The first-order valence-corrected chi connectivity index (χ1v) is 3.95. The maximum absolute atomic E-state index is 10.5. The van der Waals surface area contributed by atoms with Gasteiger partial charge in [0.1, 0.15) is 0 Å². The van der Waals surface area contributed by atoms with Gasteiger partial charge in [0.15, 0.2) is 0 Å². The quantitative estimate of drug-likeness (QED) is 0.781. The summed E-state index contributed by atoms with van der Waals surface area (Å²) in [6, 6.07) is 0. The van der Waals surface area contributed by atoms with Crippen molar-refractivity contribution in [3.8, 4) is 0 Å². The Labute approximate surface area is 78.8 Å². The van der Waals surface area contributed by atoms with E-state index >= 15 is 0 Å². The van der Waals surface area contributed by atoms with E-state index in [-0.39, 0.29) is 22.9 Å². The number of carbonyl (C=O) groups is 1. The first-order valence-electron chi connectivity index (χ1n) is 3.95. The number of hydrogen-bond acceptors (Lipinski definition) is 1. The molecule has 0 unspecified atom stereocenters. The van der Waals surface area contributed by atoms with E-state index in [4.69, 9.17) is 5.11 Å². The Balaban J connectivity index is 0. The lowest BCUT2D eigenvalue weighted by atomic mass is 9.99. The van der Waals surface area contributed by atoms with Crippen LogP contribution in [0.3, 0.4) is 0 Å². The maximum Gasteiger partial charge on any atom is 0.306 e. The fraction of sp³-hybridized carbons (Fsp3) is 0.875. The number of aliphatic carboxylic acids is 1. The Hall–Kier alpha value is -0.0500. The van der Waals surface area contributed by atoms with Crippen molar-refractivity contribution >= 4 is 23.0 Å². The Kier molecular flexibility index (Phi) is 9.90. The molecule has 1 N–H and O–H groups in total. The number of hydrogen-bond donors (Lipinski definition) is 1. The third kappa shape index (κ3) is 6.35. The summed E-state index contributed by atoms with van der Waals surface area (Å²) in [6.45, 7) is 4.04. The van der Waals surface area contributed by atoms with Crippen LogP contribution in [0.5, 0.6) is 0 Å². The van der Waals surface area contributed by atoms with Gasteiger partial charge in [-0.3, -0.25) is 4.79 Å². The average molecular weight is 225 g/mol. The third-order valence-electron chi connectivity index (χ3n) is 1.62. The van der Waals surface area contributed by atoms with Gasteiger partial charge in [0.05, 0.1) is 5.92 Å². The molecule has 0 heterocycles. The molecule has 0 bridgehead atoms. The van der Waals surface area contributed by atoms with Crippen LogP contribution in [0.2, 0.25) is 0 Å². The first kappa shape index (κ1) is 13.5. The molecule has 0 spiro atoms. The molecule has 0 saturated carbocycles. The summed E-state index contributed by atoms with van der Waals surface area (Å²) < 4.78 is 0. The van der Waals surface area contributed by atoms with Gasteiger partial charge < -0.3 is 5.11 Å². The van der Waals surface area contributed by atoms with Gasteiger partial charge in [0.25, 0.3) is 0 Å². The Morgan fingerprint density at radius 3 is 1.82 bits per heavy atom. The minimum absolute atomic E-state index is 0. The van der Waals surface area contributed by atoms with Crippen molar-refractivity contribution in [1.29, 1.82) is 0 Å². The number of carboxylic acids is 1. The molecule has 0 aromatic heterocycles. The smallest absolute Gasteiger partial charge is 0.306 e. The molecule has 0 aromatic carbocycles. The number of carboxylic acid groups (broad SMARTS) is 1. The molecule has 0 aliphatic rings. The molecular weight excluding hydrogens is 208 g/mol. The topological polar surface area (TPSA) is 37.3 Å². The second kappa shape index (κ2) is 8.05. The summed E-state index contributed by atoms with van der Waals surface area (Å²) in [5.41, 5.74) is 0. The van der Waals surface area contributed by atoms with Crippen LogP contribution in [0.4, 0.5) is 0 Å². The van der Waals surface area contributed by atoms with Crippen molar-refractivity contribution in [3.05, 3.63) is 0 Å². The van der Waals surface area contributed by atoms with Gasteiger partial charge in [0.2, 0.25) is 0 Å². The van der Waals surface area contributed by atoms with Crippen LogP contribution in [0.25, 0.3) is 0 Å². The lowest BCUT2D eigenvalue weighted by Gasteiger charge is -2.07. The fourth-order valence-corrected chi connectivity index (χ4v) is 1.09. The summed E-state index contributed by atoms with van der Waals surface area (Å²) >= 11 is 0. The minimum atomic E-state index is -0.635. The highest BCUT2D eigenvalue weighted by atomic mass is 79.9. The zero-order chi connectivity index (χ0) is 7.98. The van der Waals surface area contributed by atoms with Crippen LogP contribution in [0.1, 0.15) is 39.5 Å². The SMILES string of the molecule is Br.CCCC(CCC)C(=O)O. The molecule has 0 radical (unpaired) electrons. The molecule has 0 saturated heterocycles. The van der Waals surface area contributed by atoms with Gasteiger partial charge >= 0.3 is 5.97 Å². The minimum Gasteiger partial charge on any atom is -0.481 e. The maximum atomic E-state index is 10.5. The highest BCUT2D eigenvalue weighted by Gasteiger charge is 2.13. The van der Waals surface area contributed by atoms with E-state index in [9.17, 15) is 4.79 Å².